The molecule has 0 spiro atoms. The van der Waals surface area contributed by atoms with Gasteiger partial charge in [0, 0.05) is 12.7 Å². The van der Waals surface area contributed by atoms with E-state index in [4.69, 9.17) is 9.47 Å². The first-order valence-electron chi connectivity index (χ1n) is 7.65. The first-order chi connectivity index (χ1) is 11.8. The molecule has 0 bridgehead atoms. The fraction of sp³-hybridized carbons (Fsp3) is 0.278. The van der Waals surface area contributed by atoms with Gasteiger partial charge in [0.15, 0.2) is 9.84 Å². The molecule has 6 nitrogen and oxygen atoms in total. The number of hydrogen-bond acceptors (Lipinski definition) is 5. The zero-order valence-corrected chi connectivity index (χ0v) is 15.2. The Labute approximate surface area is 147 Å². The lowest BCUT2D eigenvalue weighted by molar-refractivity contribution is -0.116. The molecule has 134 valence electrons. The maximum atomic E-state index is 12.2. The van der Waals surface area contributed by atoms with Gasteiger partial charge in [-0.05, 0) is 42.3 Å². The van der Waals surface area contributed by atoms with Gasteiger partial charge in [0.25, 0.3) is 0 Å². The largest absolute Gasteiger partial charge is 0.497 e. The molecule has 0 atom stereocenters. The summed E-state index contributed by atoms with van der Waals surface area (Å²) in [5.74, 6) is 1.07. The molecule has 0 aromatic heterocycles. The number of benzene rings is 2. The van der Waals surface area contributed by atoms with Crippen LogP contribution in [0.15, 0.2) is 47.4 Å². The van der Waals surface area contributed by atoms with Crippen LogP contribution in [0.1, 0.15) is 12.0 Å². The zero-order valence-electron chi connectivity index (χ0n) is 14.4. The predicted molar refractivity (Wildman–Crippen MR) is 96.0 cm³/mol. The zero-order chi connectivity index (χ0) is 18.4. The number of sulfone groups is 1. The lowest BCUT2D eigenvalue weighted by Crippen LogP contribution is -2.15. The van der Waals surface area contributed by atoms with Crippen molar-refractivity contribution < 1.29 is 22.7 Å². The minimum absolute atomic E-state index is 0.0994. The fourth-order valence-corrected chi connectivity index (χ4v) is 3.28. The van der Waals surface area contributed by atoms with E-state index in [-0.39, 0.29) is 22.9 Å². The van der Waals surface area contributed by atoms with Crippen molar-refractivity contribution >= 4 is 21.4 Å². The molecule has 25 heavy (non-hydrogen) atoms. The highest BCUT2D eigenvalue weighted by molar-refractivity contribution is 7.90. The highest BCUT2D eigenvalue weighted by Crippen LogP contribution is 2.26. The van der Waals surface area contributed by atoms with Crippen LogP contribution < -0.4 is 14.8 Å². The van der Waals surface area contributed by atoms with Gasteiger partial charge in [-0.15, -0.1) is 0 Å². The highest BCUT2D eigenvalue weighted by Gasteiger charge is 2.15. The lowest BCUT2D eigenvalue weighted by atomic mass is 10.1. The SMILES string of the molecule is COc1ccc(OC)c(CCC(=O)Nc2ccccc2S(C)(=O)=O)c1. The molecular weight excluding hydrogens is 342 g/mol. The van der Waals surface area contributed by atoms with Gasteiger partial charge in [0.1, 0.15) is 11.5 Å². The number of methoxy groups -OCH3 is 2. The second kappa shape index (κ2) is 8.02. The van der Waals surface area contributed by atoms with Crippen molar-refractivity contribution in [3.63, 3.8) is 0 Å². The van der Waals surface area contributed by atoms with Crippen molar-refractivity contribution in [2.75, 3.05) is 25.8 Å². The van der Waals surface area contributed by atoms with Gasteiger partial charge < -0.3 is 14.8 Å². The Morgan fingerprint density at radius 2 is 1.80 bits per heavy atom. The van der Waals surface area contributed by atoms with E-state index in [0.717, 1.165) is 11.8 Å². The number of para-hydroxylation sites is 1. The second-order valence-electron chi connectivity index (χ2n) is 5.49. The van der Waals surface area contributed by atoms with Crippen LogP contribution in [0.2, 0.25) is 0 Å². The topological polar surface area (TPSA) is 81.7 Å². The van der Waals surface area contributed by atoms with Crippen molar-refractivity contribution in [3.8, 4) is 11.5 Å². The fourth-order valence-electron chi connectivity index (χ4n) is 2.43. The van der Waals surface area contributed by atoms with Gasteiger partial charge in [-0.3, -0.25) is 4.79 Å². The van der Waals surface area contributed by atoms with E-state index in [0.29, 0.717) is 17.9 Å². The van der Waals surface area contributed by atoms with Gasteiger partial charge in [-0.25, -0.2) is 8.42 Å². The van der Waals surface area contributed by atoms with Crippen LogP contribution in [0.4, 0.5) is 5.69 Å². The van der Waals surface area contributed by atoms with Crippen LogP contribution in [-0.4, -0.2) is 34.8 Å². The Hall–Kier alpha value is -2.54. The minimum Gasteiger partial charge on any atom is -0.497 e. The van der Waals surface area contributed by atoms with Crippen molar-refractivity contribution in [1.82, 2.24) is 0 Å². The molecular formula is C18H21NO5S. The summed E-state index contributed by atoms with van der Waals surface area (Å²) in [6.45, 7) is 0. The summed E-state index contributed by atoms with van der Waals surface area (Å²) in [6.07, 6.45) is 1.73. The maximum Gasteiger partial charge on any atom is 0.224 e. The van der Waals surface area contributed by atoms with Crippen LogP contribution in [0, 0.1) is 0 Å². The third-order valence-electron chi connectivity index (χ3n) is 3.67. The van der Waals surface area contributed by atoms with Crippen molar-refractivity contribution in [1.29, 1.82) is 0 Å². The van der Waals surface area contributed by atoms with E-state index in [9.17, 15) is 13.2 Å². The lowest BCUT2D eigenvalue weighted by Gasteiger charge is -2.12. The van der Waals surface area contributed by atoms with E-state index < -0.39 is 9.84 Å². The van der Waals surface area contributed by atoms with Gasteiger partial charge in [-0.2, -0.15) is 0 Å². The summed E-state index contributed by atoms with van der Waals surface area (Å²) in [4.78, 5) is 12.3. The highest BCUT2D eigenvalue weighted by atomic mass is 32.2. The first-order valence-corrected chi connectivity index (χ1v) is 9.54. The summed E-state index contributed by atoms with van der Waals surface area (Å²) >= 11 is 0. The Morgan fingerprint density at radius 1 is 1.08 bits per heavy atom. The van der Waals surface area contributed by atoms with Gasteiger partial charge in [0.2, 0.25) is 5.91 Å². The van der Waals surface area contributed by atoms with E-state index in [1.807, 2.05) is 6.07 Å². The van der Waals surface area contributed by atoms with Crippen LogP contribution >= 0.6 is 0 Å². The molecule has 7 heteroatoms. The Kier molecular flexibility index (Phi) is 6.03. The second-order valence-corrected chi connectivity index (χ2v) is 7.48. The molecule has 0 saturated carbocycles. The first kappa shape index (κ1) is 18.8. The summed E-state index contributed by atoms with van der Waals surface area (Å²) in [6, 6.07) is 11.7. The van der Waals surface area contributed by atoms with Crippen LogP contribution in [0.25, 0.3) is 0 Å². The van der Waals surface area contributed by atoms with E-state index in [1.165, 1.54) is 6.07 Å². The maximum absolute atomic E-state index is 12.2. The molecule has 2 aromatic rings. The van der Waals surface area contributed by atoms with E-state index >= 15 is 0 Å². The number of nitrogens with one attached hydrogen (secondary N) is 1. The van der Waals surface area contributed by atoms with Crippen molar-refractivity contribution in [3.05, 3.63) is 48.0 Å². The summed E-state index contributed by atoms with van der Waals surface area (Å²) in [5, 5.41) is 2.66. The molecule has 0 heterocycles. The number of hydrogen-bond donors (Lipinski definition) is 1. The predicted octanol–water partition coefficient (Wildman–Crippen LogP) is 2.68. The van der Waals surface area contributed by atoms with E-state index in [1.54, 1.807) is 44.6 Å². The molecule has 0 unspecified atom stereocenters. The smallest absolute Gasteiger partial charge is 0.224 e. The Morgan fingerprint density at radius 3 is 2.44 bits per heavy atom. The Bertz CT molecular complexity index is 862. The molecule has 0 aliphatic rings. The minimum atomic E-state index is -3.42. The molecule has 0 aliphatic carbocycles. The number of amides is 1. The van der Waals surface area contributed by atoms with Gasteiger partial charge >= 0.3 is 0 Å². The molecule has 0 saturated heterocycles. The molecule has 0 fully saturated rings. The monoisotopic (exact) mass is 363 g/mol. The van der Waals surface area contributed by atoms with Gasteiger partial charge in [0.05, 0.1) is 24.8 Å². The Balaban J connectivity index is 2.10. The van der Waals surface area contributed by atoms with Crippen LogP contribution in [-0.2, 0) is 21.1 Å². The molecule has 0 radical (unpaired) electrons. The summed E-state index contributed by atoms with van der Waals surface area (Å²) in [7, 11) is -0.284. The third kappa shape index (κ3) is 4.96. The number of carbonyl (C=O) groups excluding carboxylic acids is 1. The van der Waals surface area contributed by atoms with Crippen LogP contribution in [0.5, 0.6) is 11.5 Å². The average Bonchev–Trinajstić information content (AvgIpc) is 2.59. The summed E-state index contributed by atoms with van der Waals surface area (Å²) < 4.78 is 34.1. The quantitative estimate of drug-likeness (QED) is 0.818. The number of ether oxygens (including phenoxy) is 2. The van der Waals surface area contributed by atoms with Crippen LogP contribution in [0.3, 0.4) is 0 Å². The molecule has 2 aromatic carbocycles. The summed E-state index contributed by atoms with van der Waals surface area (Å²) in [5.41, 5.74) is 1.13. The molecule has 0 aliphatic heterocycles. The normalized spacial score (nSPS) is 11.0. The number of carbonyl (C=O) groups is 1. The number of anilines is 1. The van der Waals surface area contributed by atoms with E-state index in [2.05, 4.69) is 5.32 Å². The number of rotatable bonds is 7. The standard InChI is InChI=1S/C18H21NO5S/c1-23-14-9-10-16(24-2)13(12-14)8-11-18(20)19-15-6-4-5-7-17(15)25(3,21)22/h4-7,9-10,12H,8,11H2,1-3H3,(H,19,20). The third-order valence-corrected chi connectivity index (χ3v) is 4.82. The van der Waals surface area contributed by atoms with Gasteiger partial charge in [-0.1, -0.05) is 12.1 Å². The molecule has 2 rings (SSSR count). The molecule has 1 amide bonds. The van der Waals surface area contributed by atoms with Crippen molar-refractivity contribution in [2.24, 2.45) is 0 Å². The van der Waals surface area contributed by atoms with Crippen molar-refractivity contribution in [2.45, 2.75) is 17.7 Å². The molecule has 1 N–H and O–H groups in total. The number of aryl methyl sites for hydroxylation is 1. The average molecular weight is 363 g/mol.